The van der Waals surface area contributed by atoms with Gasteiger partial charge in [-0.15, -0.1) is 0 Å². The van der Waals surface area contributed by atoms with Gasteiger partial charge in [0, 0.05) is 18.5 Å². The van der Waals surface area contributed by atoms with Crippen molar-refractivity contribution < 1.29 is 24.6 Å². The van der Waals surface area contributed by atoms with Crippen LogP contribution in [0.5, 0.6) is 5.75 Å². The molecule has 0 aliphatic carbocycles. The molecule has 3 N–H and O–H groups in total. The lowest BCUT2D eigenvalue weighted by Gasteiger charge is -2.25. The van der Waals surface area contributed by atoms with Gasteiger partial charge in [-0.25, -0.2) is 0 Å². The van der Waals surface area contributed by atoms with Gasteiger partial charge in [0.15, 0.2) is 0 Å². The van der Waals surface area contributed by atoms with E-state index in [2.05, 4.69) is 10.5 Å². The highest BCUT2D eigenvalue weighted by atomic mass is 16.6. The minimum Gasteiger partial charge on any atom is -0.508 e. The fourth-order valence-electron chi connectivity index (χ4n) is 4.64. The summed E-state index contributed by atoms with van der Waals surface area (Å²) in [5.74, 6) is -0.647. The van der Waals surface area contributed by atoms with Gasteiger partial charge >= 0.3 is 0 Å². The summed E-state index contributed by atoms with van der Waals surface area (Å²) in [7, 11) is 1.42. The van der Waals surface area contributed by atoms with Crippen LogP contribution in [0.15, 0.2) is 71.9 Å². The average Bonchev–Trinajstić information content (AvgIpc) is 3.31. The van der Waals surface area contributed by atoms with Crippen molar-refractivity contribution in [3.05, 3.63) is 89.0 Å². The van der Waals surface area contributed by atoms with Gasteiger partial charge in [-0.3, -0.25) is 9.59 Å². The number of oxime groups is 1. The van der Waals surface area contributed by atoms with Crippen LogP contribution >= 0.6 is 0 Å². The van der Waals surface area contributed by atoms with Crippen molar-refractivity contribution in [1.29, 1.82) is 0 Å². The number of rotatable bonds is 7. The lowest BCUT2D eigenvalue weighted by atomic mass is 9.96. The Bertz CT molecular complexity index is 1340. The molecule has 8 nitrogen and oxygen atoms in total. The number of benzene rings is 3. The first kappa shape index (κ1) is 25.9. The molecule has 0 saturated carbocycles. The van der Waals surface area contributed by atoms with Gasteiger partial charge < -0.3 is 25.3 Å². The molecule has 1 unspecified atom stereocenters. The Hall–Kier alpha value is -4.17. The van der Waals surface area contributed by atoms with Crippen molar-refractivity contribution in [2.24, 2.45) is 5.16 Å². The molecule has 1 saturated heterocycles. The van der Waals surface area contributed by atoms with Crippen molar-refractivity contribution in [2.45, 2.75) is 32.4 Å². The van der Waals surface area contributed by atoms with Crippen molar-refractivity contribution in [3.63, 3.8) is 0 Å². The van der Waals surface area contributed by atoms with Crippen molar-refractivity contribution >= 4 is 17.5 Å². The van der Waals surface area contributed by atoms with Crippen molar-refractivity contribution in [1.82, 2.24) is 10.2 Å². The molecule has 2 amide bonds. The van der Waals surface area contributed by atoms with E-state index in [4.69, 9.17) is 4.84 Å². The molecule has 0 radical (unpaired) electrons. The van der Waals surface area contributed by atoms with E-state index in [1.165, 1.54) is 24.1 Å². The van der Waals surface area contributed by atoms with Crippen LogP contribution in [0.3, 0.4) is 0 Å². The normalized spacial score (nSPS) is 17.0. The summed E-state index contributed by atoms with van der Waals surface area (Å²) >= 11 is 0. The molecule has 37 heavy (non-hydrogen) atoms. The Kier molecular flexibility index (Phi) is 7.89. The number of aromatic hydroxyl groups is 1. The van der Waals surface area contributed by atoms with Crippen LogP contribution in [0.1, 0.15) is 39.6 Å². The number of amides is 2. The molecule has 0 aromatic heterocycles. The highest BCUT2D eigenvalue weighted by Crippen LogP contribution is 2.27. The van der Waals surface area contributed by atoms with E-state index in [0.29, 0.717) is 16.8 Å². The fourth-order valence-corrected chi connectivity index (χ4v) is 4.64. The average molecular weight is 502 g/mol. The summed E-state index contributed by atoms with van der Waals surface area (Å²) < 4.78 is 0. The molecular formula is C29H31N3O5. The maximum atomic E-state index is 13.6. The number of aliphatic hydroxyl groups is 1. The Labute approximate surface area is 216 Å². The summed E-state index contributed by atoms with van der Waals surface area (Å²) in [6.07, 6.45) is -0.779. The van der Waals surface area contributed by atoms with E-state index < -0.39 is 18.1 Å². The summed E-state index contributed by atoms with van der Waals surface area (Å²) in [6.45, 7) is 4.03. The van der Waals surface area contributed by atoms with Gasteiger partial charge in [0.1, 0.15) is 18.9 Å². The second kappa shape index (κ2) is 11.3. The molecule has 1 fully saturated rings. The third-order valence-corrected chi connectivity index (χ3v) is 6.58. The number of likely N-dealkylation sites (tertiary alicyclic amines) is 1. The van der Waals surface area contributed by atoms with Crippen LogP contribution in [0, 0.1) is 13.8 Å². The molecule has 192 valence electrons. The van der Waals surface area contributed by atoms with Gasteiger partial charge in [-0.1, -0.05) is 53.7 Å². The third-order valence-electron chi connectivity index (χ3n) is 6.58. The number of aliphatic hydroxyl groups excluding tert-OH is 1. The third kappa shape index (κ3) is 5.81. The van der Waals surface area contributed by atoms with Crippen LogP contribution in [0.25, 0.3) is 11.1 Å². The van der Waals surface area contributed by atoms with Crippen LogP contribution in [0.4, 0.5) is 0 Å². The molecule has 1 aliphatic rings. The molecule has 1 aliphatic heterocycles. The summed E-state index contributed by atoms with van der Waals surface area (Å²) in [5.41, 5.74) is 5.64. The predicted octanol–water partition coefficient (Wildman–Crippen LogP) is 3.74. The highest BCUT2D eigenvalue weighted by Gasteiger charge is 2.39. The number of aryl methyl sites for hydroxylation is 2. The monoisotopic (exact) mass is 501 g/mol. The highest BCUT2D eigenvalue weighted by molar-refractivity contribution is 6.06. The van der Waals surface area contributed by atoms with Gasteiger partial charge in [0.05, 0.1) is 18.4 Å². The van der Waals surface area contributed by atoms with E-state index >= 15 is 0 Å². The number of carbonyl (C=O) groups excluding carboxylic acids is 2. The summed E-state index contributed by atoms with van der Waals surface area (Å²) in [6, 6.07) is 19.2. The van der Waals surface area contributed by atoms with Crippen LogP contribution in [0.2, 0.25) is 0 Å². The lowest BCUT2D eigenvalue weighted by Crippen LogP contribution is -2.47. The molecular weight excluding hydrogens is 470 g/mol. The topological polar surface area (TPSA) is 111 Å². The maximum absolute atomic E-state index is 13.6. The minimum absolute atomic E-state index is 0.0275. The smallest absolute Gasteiger partial charge is 0.255 e. The summed E-state index contributed by atoms with van der Waals surface area (Å²) in [4.78, 5) is 33.2. The molecule has 4 rings (SSSR count). The summed E-state index contributed by atoms with van der Waals surface area (Å²) in [5, 5.41) is 26.8. The predicted molar refractivity (Wildman–Crippen MR) is 141 cm³/mol. The largest absolute Gasteiger partial charge is 0.508 e. The second-order valence-electron chi connectivity index (χ2n) is 9.19. The van der Waals surface area contributed by atoms with E-state index in [-0.39, 0.29) is 31.2 Å². The van der Waals surface area contributed by atoms with Crippen LogP contribution in [-0.2, 0) is 9.63 Å². The first-order valence-corrected chi connectivity index (χ1v) is 12.1. The number of hydrogen-bond donors (Lipinski definition) is 3. The fraction of sp³-hybridized carbons (Fsp3) is 0.276. The number of hydrogen-bond acceptors (Lipinski definition) is 6. The number of carbonyl (C=O) groups is 2. The van der Waals surface area contributed by atoms with Gasteiger partial charge in [0.25, 0.3) is 5.91 Å². The first-order valence-electron chi connectivity index (χ1n) is 12.1. The second-order valence-corrected chi connectivity index (χ2v) is 9.19. The number of nitrogens with one attached hydrogen (secondary N) is 1. The van der Waals surface area contributed by atoms with Crippen LogP contribution in [-0.4, -0.2) is 58.9 Å². The van der Waals surface area contributed by atoms with Crippen molar-refractivity contribution in [2.75, 3.05) is 20.2 Å². The zero-order valence-electron chi connectivity index (χ0n) is 21.1. The lowest BCUT2D eigenvalue weighted by molar-refractivity contribution is -0.125. The molecule has 8 heteroatoms. The molecule has 0 spiro atoms. The standard InChI is InChI=1S/C29H31N3O5/c1-18-7-4-5-10-24(18)20-11-12-25(19(2)13-20)29(36)32-17-22(31-37-3)15-26(32)28(35)30-16-27(34)21-8-6-9-23(33)14-21/h4-14,26-27,33-34H,15-17H2,1-3H3,(H,30,35)/t26-,27?/m0/s1. The van der Waals surface area contributed by atoms with E-state index in [1.807, 2.05) is 50.2 Å². The van der Waals surface area contributed by atoms with E-state index in [9.17, 15) is 19.8 Å². The Morgan fingerprint density at radius 2 is 1.86 bits per heavy atom. The maximum Gasteiger partial charge on any atom is 0.255 e. The molecule has 1 heterocycles. The molecule has 3 aromatic carbocycles. The zero-order chi connectivity index (χ0) is 26.5. The van der Waals surface area contributed by atoms with E-state index in [0.717, 1.165) is 22.3 Å². The van der Waals surface area contributed by atoms with Crippen molar-refractivity contribution in [3.8, 4) is 16.9 Å². The Morgan fingerprint density at radius 1 is 1.08 bits per heavy atom. The Balaban J connectivity index is 1.52. The SMILES string of the molecule is CON=C1C[C@@H](C(=O)NCC(O)c2cccc(O)c2)N(C(=O)c2ccc(-c3ccccc3C)cc2C)C1. The zero-order valence-corrected chi connectivity index (χ0v) is 21.1. The molecule has 0 bridgehead atoms. The first-order chi connectivity index (χ1) is 17.8. The molecule has 2 atom stereocenters. The number of phenolic OH excluding ortho intramolecular Hbond substituents is 1. The van der Waals surface area contributed by atoms with Gasteiger partial charge in [-0.05, 0) is 59.9 Å². The molecule has 3 aromatic rings. The van der Waals surface area contributed by atoms with E-state index in [1.54, 1.807) is 18.2 Å². The van der Waals surface area contributed by atoms with Crippen LogP contribution < -0.4 is 5.32 Å². The van der Waals surface area contributed by atoms with Gasteiger partial charge in [-0.2, -0.15) is 0 Å². The quantitative estimate of drug-likeness (QED) is 0.427. The minimum atomic E-state index is -1.01. The number of phenols is 1. The number of nitrogens with zero attached hydrogens (tertiary/aromatic N) is 2. The van der Waals surface area contributed by atoms with Gasteiger partial charge in [0.2, 0.25) is 5.91 Å². The Morgan fingerprint density at radius 3 is 2.57 bits per heavy atom.